The van der Waals surface area contributed by atoms with Gasteiger partial charge in [0.2, 0.25) is 0 Å². The molecular formula is C12H20O2. The normalized spacial score (nSPS) is 12.3. The van der Waals surface area contributed by atoms with E-state index in [9.17, 15) is 4.79 Å². The van der Waals surface area contributed by atoms with Crippen LogP contribution in [0.2, 0.25) is 0 Å². The first-order chi connectivity index (χ1) is 6.72. The number of hydrogen-bond donors (Lipinski definition) is 1. The van der Waals surface area contributed by atoms with Gasteiger partial charge in [-0.2, -0.15) is 0 Å². The fourth-order valence-electron chi connectivity index (χ4n) is 1.14. The molecule has 2 heteroatoms. The molecule has 0 aromatic heterocycles. The molecule has 0 aromatic rings. The Labute approximate surface area is 86.3 Å². The maximum atomic E-state index is 10.8. The molecule has 80 valence electrons. The van der Waals surface area contributed by atoms with Gasteiger partial charge in [0.1, 0.15) is 0 Å². The maximum absolute atomic E-state index is 10.8. The van der Waals surface area contributed by atoms with E-state index in [0.717, 1.165) is 25.7 Å². The van der Waals surface area contributed by atoms with Crippen molar-refractivity contribution in [2.24, 2.45) is 0 Å². The minimum atomic E-state index is -0.775. The molecule has 0 fully saturated rings. The van der Waals surface area contributed by atoms with Crippen molar-refractivity contribution in [3.05, 3.63) is 23.8 Å². The van der Waals surface area contributed by atoms with Crippen molar-refractivity contribution in [1.29, 1.82) is 0 Å². The number of hydrogen-bond acceptors (Lipinski definition) is 1. The van der Waals surface area contributed by atoms with Gasteiger partial charge in [0.05, 0.1) is 0 Å². The molecule has 0 heterocycles. The van der Waals surface area contributed by atoms with Crippen LogP contribution in [0.1, 0.15) is 46.0 Å². The Morgan fingerprint density at radius 3 is 2.43 bits per heavy atom. The summed E-state index contributed by atoms with van der Waals surface area (Å²) in [5, 5.41) is 8.86. The van der Waals surface area contributed by atoms with E-state index in [-0.39, 0.29) is 0 Å². The number of carboxylic acid groups (broad SMARTS) is 1. The lowest BCUT2D eigenvalue weighted by Gasteiger charge is -1.99. The average molecular weight is 196 g/mol. The number of unbranched alkanes of at least 4 members (excludes halogenated alkanes) is 1. The summed E-state index contributed by atoms with van der Waals surface area (Å²) in [5.74, 6) is -0.775. The zero-order valence-corrected chi connectivity index (χ0v) is 9.12. The van der Waals surface area contributed by atoms with E-state index in [1.165, 1.54) is 0 Å². The Morgan fingerprint density at radius 1 is 1.21 bits per heavy atom. The third-order valence-corrected chi connectivity index (χ3v) is 1.94. The van der Waals surface area contributed by atoms with Gasteiger partial charge in [-0.15, -0.1) is 0 Å². The molecule has 0 radical (unpaired) electrons. The third-order valence-electron chi connectivity index (χ3n) is 1.94. The van der Waals surface area contributed by atoms with Gasteiger partial charge in [-0.25, -0.2) is 4.79 Å². The highest BCUT2D eigenvalue weighted by Crippen LogP contribution is 2.08. The molecule has 0 atom stereocenters. The van der Waals surface area contributed by atoms with Gasteiger partial charge < -0.3 is 5.11 Å². The lowest BCUT2D eigenvalue weighted by atomic mass is 10.1. The molecule has 0 saturated heterocycles. The number of aliphatic carboxylic acids is 1. The molecule has 14 heavy (non-hydrogen) atoms. The van der Waals surface area contributed by atoms with Crippen molar-refractivity contribution in [2.45, 2.75) is 46.0 Å². The standard InChI is InChI=1S/C12H20O2/c1-3-5-7-8-10-11(12(13)14)9-6-4-2/h5,7,9H,3-4,6,8,10H2,1-2H3,(H,13,14). The van der Waals surface area contributed by atoms with Crippen molar-refractivity contribution in [3.63, 3.8) is 0 Å². The van der Waals surface area contributed by atoms with Gasteiger partial charge >= 0.3 is 5.97 Å². The number of allylic oxidation sites excluding steroid dienone is 3. The molecule has 1 N–H and O–H groups in total. The highest BCUT2D eigenvalue weighted by molar-refractivity contribution is 5.86. The quantitative estimate of drug-likeness (QED) is 0.499. The van der Waals surface area contributed by atoms with Crippen LogP contribution in [0.15, 0.2) is 23.8 Å². The van der Waals surface area contributed by atoms with Crippen LogP contribution in [0.5, 0.6) is 0 Å². The number of carbonyl (C=O) groups is 1. The van der Waals surface area contributed by atoms with Crippen LogP contribution < -0.4 is 0 Å². The molecule has 0 aliphatic rings. The van der Waals surface area contributed by atoms with Crippen molar-refractivity contribution in [1.82, 2.24) is 0 Å². The summed E-state index contributed by atoms with van der Waals surface area (Å²) >= 11 is 0. The second-order valence-corrected chi connectivity index (χ2v) is 3.24. The zero-order chi connectivity index (χ0) is 10.8. The molecule has 0 aliphatic heterocycles. The van der Waals surface area contributed by atoms with Crippen LogP contribution in [0.4, 0.5) is 0 Å². The minimum Gasteiger partial charge on any atom is -0.478 e. The summed E-state index contributed by atoms with van der Waals surface area (Å²) in [4.78, 5) is 10.8. The molecule has 0 bridgehead atoms. The predicted molar refractivity (Wildman–Crippen MR) is 59.3 cm³/mol. The fraction of sp³-hybridized carbons (Fsp3) is 0.583. The van der Waals surface area contributed by atoms with E-state index in [2.05, 4.69) is 13.0 Å². The van der Waals surface area contributed by atoms with E-state index < -0.39 is 5.97 Å². The monoisotopic (exact) mass is 196 g/mol. The van der Waals surface area contributed by atoms with Crippen molar-refractivity contribution in [3.8, 4) is 0 Å². The van der Waals surface area contributed by atoms with E-state index in [1.807, 2.05) is 19.1 Å². The topological polar surface area (TPSA) is 37.3 Å². The van der Waals surface area contributed by atoms with E-state index in [0.29, 0.717) is 12.0 Å². The first-order valence-electron chi connectivity index (χ1n) is 5.29. The Balaban J connectivity index is 3.98. The summed E-state index contributed by atoms with van der Waals surface area (Å²) in [6.07, 6.45) is 10.3. The zero-order valence-electron chi connectivity index (χ0n) is 9.12. The molecule has 0 aromatic carbocycles. The van der Waals surface area contributed by atoms with Gasteiger partial charge in [-0.05, 0) is 25.7 Å². The molecule has 0 unspecified atom stereocenters. The van der Waals surface area contributed by atoms with Gasteiger partial charge in [0.15, 0.2) is 0 Å². The van der Waals surface area contributed by atoms with Gasteiger partial charge in [0, 0.05) is 5.57 Å². The van der Waals surface area contributed by atoms with E-state index in [4.69, 9.17) is 5.11 Å². The molecule has 0 saturated carbocycles. The van der Waals surface area contributed by atoms with E-state index in [1.54, 1.807) is 0 Å². The van der Waals surface area contributed by atoms with Crippen LogP contribution in [-0.2, 0) is 4.79 Å². The molecule has 0 spiro atoms. The van der Waals surface area contributed by atoms with Gasteiger partial charge in [0.25, 0.3) is 0 Å². The lowest BCUT2D eigenvalue weighted by molar-refractivity contribution is -0.132. The van der Waals surface area contributed by atoms with E-state index >= 15 is 0 Å². The van der Waals surface area contributed by atoms with Crippen molar-refractivity contribution >= 4 is 5.97 Å². The predicted octanol–water partition coefficient (Wildman–Crippen LogP) is 3.54. The second kappa shape index (κ2) is 8.54. The molecule has 0 aliphatic carbocycles. The summed E-state index contributed by atoms with van der Waals surface area (Å²) in [5.41, 5.74) is 0.549. The molecule has 0 rings (SSSR count). The Hall–Kier alpha value is -1.05. The fourth-order valence-corrected chi connectivity index (χ4v) is 1.14. The Bertz CT molecular complexity index is 214. The molecule has 0 amide bonds. The third kappa shape index (κ3) is 6.46. The summed E-state index contributed by atoms with van der Waals surface area (Å²) < 4.78 is 0. The summed E-state index contributed by atoms with van der Waals surface area (Å²) in [6, 6.07) is 0. The lowest BCUT2D eigenvalue weighted by Crippen LogP contribution is -2.00. The first-order valence-corrected chi connectivity index (χ1v) is 5.29. The number of rotatable bonds is 7. The highest BCUT2D eigenvalue weighted by atomic mass is 16.4. The van der Waals surface area contributed by atoms with Gasteiger partial charge in [-0.1, -0.05) is 38.5 Å². The Morgan fingerprint density at radius 2 is 1.93 bits per heavy atom. The summed E-state index contributed by atoms with van der Waals surface area (Å²) in [7, 11) is 0. The van der Waals surface area contributed by atoms with Crippen LogP contribution in [0.3, 0.4) is 0 Å². The molecular weight excluding hydrogens is 176 g/mol. The van der Waals surface area contributed by atoms with Gasteiger partial charge in [-0.3, -0.25) is 0 Å². The average Bonchev–Trinajstić information content (AvgIpc) is 2.16. The highest BCUT2D eigenvalue weighted by Gasteiger charge is 2.04. The molecule has 2 nitrogen and oxygen atoms in total. The summed E-state index contributed by atoms with van der Waals surface area (Å²) in [6.45, 7) is 4.12. The van der Waals surface area contributed by atoms with Crippen molar-refractivity contribution < 1.29 is 9.90 Å². The van der Waals surface area contributed by atoms with Crippen LogP contribution in [0, 0.1) is 0 Å². The largest absolute Gasteiger partial charge is 0.478 e. The van der Waals surface area contributed by atoms with Crippen LogP contribution in [0.25, 0.3) is 0 Å². The SMILES string of the molecule is CCC=CCCC(=CCCC)C(=O)O. The maximum Gasteiger partial charge on any atom is 0.331 e. The Kier molecular flexibility index (Phi) is 7.90. The number of carboxylic acids is 1. The van der Waals surface area contributed by atoms with Crippen LogP contribution in [-0.4, -0.2) is 11.1 Å². The van der Waals surface area contributed by atoms with Crippen LogP contribution >= 0.6 is 0 Å². The first kappa shape index (κ1) is 12.9. The smallest absolute Gasteiger partial charge is 0.331 e. The minimum absolute atomic E-state index is 0.549. The van der Waals surface area contributed by atoms with Crippen molar-refractivity contribution in [2.75, 3.05) is 0 Å². The second-order valence-electron chi connectivity index (χ2n) is 3.24.